The maximum absolute atomic E-state index is 13.5. The number of nitrogens with zero attached hydrogens (tertiary/aromatic N) is 1. The Morgan fingerprint density at radius 3 is 2.26 bits per heavy atom. The topological polar surface area (TPSA) is 35.8 Å². The molecule has 6 heteroatoms. The van der Waals surface area contributed by atoms with E-state index in [2.05, 4.69) is 21.2 Å². The average molecular weight is 327 g/mol. The van der Waals surface area contributed by atoms with Crippen molar-refractivity contribution in [3.05, 3.63) is 57.8 Å². The van der Waals surface area contributed by atoms with E-state index in [9.17, 15) is 13.2 Å². The van der Waals surface area contributed by atoms with E-state index in [4.69, 9.17) is 5.26 Å². The summed E-state index contributed by atoms with van der Waals surface area (Å²) >= 11 is 3.20. The standard InChI is InChI=1S/C13H6BrF3N2/c14-8-3-7(6-18)1-2-12(8)19-13-5-10(16)9(15)4-11(13)17/h1-5,19H. The summed E-state index contributed by atoms with van der Waals surface area (Å²) in [5, 5.41) is 11.3. The molecular formula is C13H6BrF3N2. The fraction of sp³-hybridized carbons (Fsp3) is 0. The van der Waals surface area contributed by atoms with E-state index in [1.807, 2.05) is 6.07 Å². The molecular weight excluding hydrogens is 321 g/mol. The van der Waals surface area contributed by atoms with Crippen LogP contribution in [0.2, 0.25) is 0 Å². The summed E-state index contributed by atoms with van der Waals surface area (Å²) in [5.41, 5.74) is 0.663. The smallest absolute Gasteiger partial charge is 0.161 e. The van der Waals surface area contributed by atoms with Crippen LogP contribution in [0, 0.1) is 28.8 Å². The molecule has 0 amide bonds. The van der Waals surface area contributed by atoms with Gasteiger partial charge in [0.05, 0.1) is 23.0 Å². The van der Waals surface area contributed by atoms with E-state index >= 15 is 0 Å². The molecule has 0 aliphatic heterocycles. The average Bonchev–Trinajstić information content (AvgIpc) is 2.38. The fourth-order valence-electron chi connectivity index (χ4n) is 1.45. The lowest BCUT2D eigenvalue weighted by molar-refractivity contribution is 0.496. The van der Waals surface area contributed by atoms with Crippen LogP contribution in [-0.4, -0.2) is 0 Å². The molecule has 0 saturated carbocycles. The summed E-state index contributed by atoms with van der Waals surface area (Å²) in [4.78, 5) is 0. The predicted molar refractivity (Wildman–Crippen MR) is 68.5 cm³/mol. The van der Waals surface area contributed by atoms with Crippen LogP contribution >= 0.6 is 15.9 Å². The largest absolute Gasteiger partial charge is 0.352 e. The van der Waals surface area contributed by atoms with Gasteiger partial charge < -0.3 is 5.32 Å². The Labute approximate surface area is 115 Å². The number of benzene rings is 2. The summed E-state index contributed by atoms with van der Waals surface area (Å²) in [6.45, 7) is 0. The molecule has 0 aromatic heterocycles. The second-order valence-electron chi connectivity index (χ2n) is 3.68. The zero-order valence-electron chi connectivity index (χ0n) is 9.35. The van der Waals surface area contributed by atoms with Gasteiger partial charge in [-0.25, -0.2) is 13.2 Å². The molecule has 0 heterocycles. The first-order valence-electron chi connectivity index (χ1n) is 5.12. The number of anilines is 2. The third kappa shape index (κ3) is 2.88. The van der Waals surface area contributed by atoms with Crippen molar-refractivity contribution >= 4 is 27.3 Å². The summed E-state index contributed by atoms with van der Waals surface area (Å²) in [6.07, 6.45) is 0. The van der Waals surface area contributed by atoms with Crippen LogP contribution < -0.4 is 5.32 Å². The third-order valence-electron chi connectivity index (χ3n) is 2.38. The van der Waals surface area contributed by atoms with Crippen molar-refractivity contribution in [2.45, 2.75) is 0 Å². The minimum absolute atomic E-state index is 0.190. The van der Waals surface area contributed by atoms with Gasteiger partial charge in [-0.2, -0.15) is 5.26 Å². The SMILES string of the molecule is N#Cc1ccc(Nc2cc(F)c(F)cc2F)c(Br)c1. The quantitative estimate of drug-likeness (QED) is 0.826. The van der Waals surface area contributed by atoms with E-state index in [0.717, 1.165) is 6.07 Å². The first-order valence-corrected chi connectivity index (χ1v) is 5.92. The summed E-state index contributed by atoms with van der Waals surface area (Å²) in [7, 11) is 0. The summed E-state index contributed by atoms with van der Waals surface area (Å²) in [6, 6.07) is 7.72. The first-order chi connectivity index (χ1) is 9.01. The summed E-state index contributed by atoms with van der Waals surface area (Å²) in [5.74, 6) is -3.30. The van der Waals surface area contributed by atoms with Crippen molar-refractivity contribution in [1.82, 2.24) is 0 Å². The van der Waals surface area contributed by atoms with Gasteiger partial charge >= 0.3 is 0 Å². The Kier molecular flexibility index (Phi) is 3.76. The Balaban J connectivity index is 2.37. The van der Waals surface area contributed by atoms with Crippen molar-refractivity contribution in [2.24, 2.45) is 0 Å². The molecule has 0 fully saturated rings. The molecule has 2 aromatic rings. The fourth-order valence-corrected chi connectivity index (χ4v) is 1.93. The van der Waals surface area contributed by atoms with Crippen molar-refractivity contribution in [3.8, 4) is 6.07 Å². The normalized spacial score (nSPS) is 10.1. The molecule has 2 nitrogen and oxygen atoms in total. The van der Waals surface area contributed by atoms with Gasteiger partial charge in [0.15, 0.2) is 11.6 Å². The first kappa shape index (κ1) is 13.4. The van der Waals surface area contributed by atoms with Crippen LogP contribution in [0.5, 0.6) is 0 Å². The van der Waals surface area contributed by atoms with Gasteiger partial charge in [-0.05, 0) is 34.1 Å². The van der Waals surface area contributed by atoms with Crippen LogP contribution in [0.1, 0.15) is 5.56 Å². The van der Waals surface area contributed by atoms with Gasteiger partial charge in [-0.15, -0.1) is 0 Å². The highest BCUT2D eigenvalue weighted by molar-refractivity contribution is 9.10. The van der Waals surface area contributed by atoms with Crippen molar-refractivity contribution in [1.29, 1.82) is 5.26 Å². The monoisotopic (exact) mass is 326 g/mol. The van der Waals surface area contributed by atoms with Crippen LogP contribution in [0.25, 0.3) is 0 Å². The van der Waals surface area contributed by atoms with E-state index < -0.39 is 17.5 Å². The number of halogens is 4. The minimum Gasteiger partial charge on any atom is -0.352 e. The number of nitriles is 1. The minimum atomic E-state index is -1.25. The van der Waals surface area contributed by atoms with Gasteiger partial charge in [-0.1, -0.05) is 0 Å². The zero-order valence-corrected chi connectivity index (χ0v) is 10.9. The van der Waals surface area contributed by atoms with Crippen LogP contribution in [0.3, 0.4) is 0 Å². The zero-order chi connectivity index (χ0) is 14.0. The molecule has 2 rings (SSSR count). The second-order valence-corrected chi connectivity index (χ2v) is 4.53. The van der Waals surface area contributed by atoms with E-state index in [-0.39, 0.29) is 5.69 Å². The van der Waals surface area contributed by atoms with E-state index in [0.29, 0.717) is 21.8 Å². The Morgan fingerprint density at radius 1 is 0.947 bits per heavy atom. The van der Waals surface area contributed by atoms with E-state index in [1.54, 1.807) is 0 Å². The lowest BCUT2D eigenvalue weighted by atomic mass is 10.2. The van der Waals surface area contributed by atoms with Crippen molar-refractivity contribution in [2.75, 3.05) is 5.32 Å². The molecule has 2 aromatic carbocycles. The highest BCUT2D eigenvalue weighted by Crippen LogP contribution is 2.28. The number of hydrogen-bond acceptors (Lipinski definition) is 2. The Hall–Kier alpha value is -2.00. The molecule has 0 saturated heterocycles. The molecule has 0 bridgehead atoms. The molecule has 1 N–H and O–H groups in total. The third-order valence-corrected chi connectivity index (χ3v) is 3.03. The molecule has 0 spiro atoms. The lowest BCUT2D eigenvalue weighted by Gasteiger charge is -2.10. The maximum atomic E-state index is 13.5. The highest BCUT2D eigenvalue weighted by Gasteiger charge is 2.11. The number of rotatable bonds is 2. The van der Waals surface area contributed by atoms with Crippen LogP contribution in [-0.2, 0) is 0 Å². The van der Waals surface area contributed by atoms with Crippen molar-refractivity contribution in [3.63, 3.8) is 0 Å². The van der Waals surface area contributed by atoms with Crippen molar-refractivity contribution < 1.29 is 13.2 Å². The summed E-state index contributed by atoms with van der Waals surface area (Å²) < 4.78 is 39.8. The molecule has 0 aliphatic rings. The number of hydrogen-bond donors (Lipinski definition) is 1. The van der Waals surface area contributed by atoms with Gasteiger partial charge in [0.25, 0.3) is 0 Å². The number of nitrogens with one attached hydrogen (secondary N) is 1. The van der Waals surface area contributed by atoms with Crippen LogP contribution in [0.4, 0.5) is 24.5 Å². The Bertz CT molecular complexity index is 680. The second kappa shape index (κ2) is 5.33. The molecule has 19 heavy (non-hydrogen) atoms. The molecule has 0 radical (unpaired) electrons. The molecule has 0 aliphatic carbocycles. The predicted octanol–water partition coefficient (Wildman–Crippen LogP) is 4.48. The van der Waals surface area contributed by atoms with Gasteiger partial charge in [0.2, 0.25) is 0 Å². The van der Waals surface area contributed by atoms with E-state index in [1.165, 1.54) is 18.2 Å². The van der Waals surface area contributed by atoms with Gasteiger partial charge in [-0.3, -0.25) is 0 Å². The molecule has 0 unspecified atom stereocenters. The maximum Gasteiger partial charge on any atom is 0.161 e. The molecule has 0 atom stereocenters. The van der Waals surface area contributed by atoms with Gasteiger partial charge in [0.1, 0.15) is 5.82 Å². The van der Waals surface area contributed by atoms with Crippen LogP contribution in [0.15, 0.2) is 34.8 Å². The Morgan fingerprint density at radius 2 is 1.63 bits per heavy atom. The highest BCUT2D eigenvalue weighted by atomic mass is 79.9. The lowest BCUT2D eigenvalue weighted by Crippen LogP contribution is -1.98. The van der Waals surface area contributed by atoms with Gasteiger partial charge in [0, 0.05) is 16.6 Å². The molecule has 96 valence electrons.